The molecule has 2 aliphatic rings. The number of amides is 1. The summed E-state index contributed by atoms with van der Waals surface area (Å²) in [6, 6.07) is -0.0780. The quantitative estimate of drug-likeness (QED) is 0.346. The molecule has 2 fully saturated rings. The van der Waals surface area contributed by atoms with E-state index >= 15 is 0 Å². The summed E-state index contributed by atoms with van der Waals surface area (Å²) in [5.41, 5.74) is 5.64. The SMILES string of the molecule is CC(C(N)=NO)N1CCN(C(=O)CCC2CCCC2)CC1. The first-order chi connectivity index (χ1) is 10.1. The number of amidine groups is 1. The van der Waals surface area contributed by atoms with Gasteiger partial charge in [0.25, 0.3) is 0 Å². The first-order valence-electron chi connectivity index (χ1n) is 8.11. The molecule has 6 heteroatoms. The fourth-order valence-corrected chi connectivity index (χ4v) is 3.41. The second-order valence-electron chi connectivity index (χ2n) is 6.31. The predicted molar refractivity (Wildman–Crippen MR) is 82.2 cm³/mol. The molecule has 1 heterocycles. The molecule has 0 aromatic rings. The number of carbonyl (C=O) groups excluding carboxylic acids is 1. The van der Waals surface area contributed by atoms with Gasteiger partial charge in [-0.15, -0.1) is 0 Å². The Bertz CT molecular complexity index is 372. The van der Waals surface area contributed by atoms with Gasteiger partial charge >= 0.3 is 0 Å². The number of hydrogen-bond donors (Lipinski definition) is 2. The summed E-state index contributed by atoms with van der Waals surface area (Å²) in [6.45, 7) is 4.98. The highest BCUT2D eigenvalue weighted by molar-refractivity contribution is 5.84. The Kier molecular flexibility index (Phi) is 5.85. The van der Waals surface area contributed by atoms with Gasteiger partial charge in [-0.1, -0.05) is 30.8 Å². The zero-order valence-corrected chi connectivity index (χ0v) is 13.0. The Balaban J connectivity index is 1.71. The molecule has 1 unspecified atom stereocenters. The van der Waals surface area contributed by atoms with Crippen LogP contribution in [0.4, 0.5) is 0 Å². The van der Waals surface area contributed by atoms with Gasteiger partial charge < -0.3 is 15.8 Å². The maximum Gasteiger partial charge on any atom is 0.222 e. The summed E-state index contributed by atoms with van der Waals surface area (Å²) in [6.07, 6.45) is 7.03. The van der Waals surface area contributed by atoms with Crippen molar-refractivity contribution in [2.45, 2.75) is 51.5 Å². The lowest BCUT2D eigenvalue weighted by Crippen LogP contribution is -2.54. The maximum absolute atomic E-state index is 12.2. The van der Waals surface area contributed by atoms with Gasteiger partial charge in [-0.05, 0) is 19.3 Å². The Morgan fingerprint density at radius 3 is 2.48 bits per heavy atom. The lowest BCUT2D eigenvalue weighted by Gasteiger charge is -2.37. The molecule has 0 radical (unpaired) electrons. The van der Waals surface area contributed by atoms with Crippen LogP contribution in [0, 0.1) is 5.92 Å². The molecule has 0 spiro atoms. The van der Waals surface area contributed by atoms with Crippen LogP contribution in [0.2, 0.25) is 0 Å². The standard InChI is InChI=1S/C15H28N4O2/c1-12(15(16)17-21)18-8-10-19(11-9-18)14(20)7-6-13-4-2-3-5-13/h12-13,21H,2-11H2,1H3,(H2,16,17). The topological polar surface area (TPSA) is 82.2 Å². The van der Waals surface area contributed by atoms with Crippen molar-refractivity contribution in [3.8, 4) is 0 Å². The molecule has 1 atom stereocenters. The second kappa shape index (κ2) is 7.64. The third-order valence-electron chi connectivity index (χ3n) is 5.00. The van der Waals surface area contributed by atoms with Crippen LogP contribution in [0.25, 0.3) is 0 Å². The van der Waals surface area contributed by atoms with E-state index in [0.717, 1.165) is 38.5 Å². The summed E-state index contributed by atoms with van der Waals surface area (Å²) >= 11 is 0. The molecule has 3 N–H and O–H groups in total. The van der Waals surface area contributed by atoms with Crippen LogP contribution in [-0.2, 0) is 4.79 Å². The number of nitrogens with zero attached hydrogens (tertiary/aromatic N) is 3. The number of nitrogens with two attached hydrogens (primary N) is 1. The Morgan fingerprint density at radius 2 is 1.90 bits per heavy atom. The Hall–Kier alpha value is -1.30. The monoisotopic (exact) mass is 296 g/mol. The molecule has 1 amide bonds. The van der Waals surface area contributed by atoms with Gasteiger partial charge in [0.05, 0.1) is 6.04 Å². The third-order valence-corrected chi connectivity index (χ3v) is 5.00. The summed E-state index contributed by atoms with van der Waals surface area (Å²) in [5.74, 6) is 1.30. The average molecular weight is 296 g/mol. The van der Waals surface area contributed by atoms with E-state index in [0.29, 0.717) is 6.42 Å². The van der Waals surface area contributed by atoms with Crippen LogP contribution in [-0.4, -0.2) is 59.0 Å². The van der Waals surface area contributed by atoms with Gasteiger partial charge in [0.2, 0.25) is 5.91 Å². The van der Waals surface area contributed by atoms with Crippen LogP contribution < -0.4 is 5.73 Å². The van der Waals surface area contributed by atoms with Crippen molar-refractivity contribution in [3.63, 3.8) is 0 Å². The summed E-state index contributed by atoms with van der Waals surface area (Å²) in [7, 11) is 0. The van der Waals surface area contributed by atoms with Crippen LogP contribution in [0.3, 0.4) is 0 Å². The number of carbonyl (C=O) groups is 1. The van der Waals surface area contributed by atoms with Crippen molar-refractivity contribution >= 4 is 11.7 Å². The minimum Gasteiger partial charge on any atom is -0.409 e. The van der Waals surface area contributed by atoms with E-state index in [1.54, 1.807) is 0 Å². The minimum absolute atomic E-state index is 0.0780. The van der Waals surface area contributed by atoms with E-state index in [1.807, 2.05) is 11.8 Å². The summed E-state index contributed by atoms with van der Waals surface area (Å²) in [4.78, 5) is 16.4. The molecule has 6 nitrogen and oxygen atoms in total. The van der Waals surface area contributed by atoms with Crippen molar-refractivity contribution in [1.82, 2.24) is 9.80 Å². The molecule has 2 rings (SSSR count). The highest BCUT2D eigenvalue weighted by atomic mass is 16.4. The molecular formula is C15H28N4O2. The summed E-state index contributed by atoms with van der Waals surface area (Å²) in [5, 5.41) is 11.8. The molecule has 1 aliphatic heterocycles. The van der Waals surface area contributed by atoms with Crippen molar-refractivity contribution in [2.24, 2.45) is 16.8 Å². The van der Waals surface area contributed by atoms with Crippen LogP contribution in [0.15, 0.2) is 5.16 Å². The number of hydrogen-bond acceptors (Lipinski definition) is 4. The van der Waals surface area contributed by atoms with E-state index in [1.165, 1.54) is 25.7 Å². The fraction of sp³-hybridized carbons (Fsp3) is 0.867. The van der Waals surface area contributed by atoms with Gasteiger partial charge in [0.15, 0.2) is 5.84 Å². The van der Waals surface area contributed by atoms with Gasteiger partial charge in [-0.25, -0.2) is 0 Å². The van der Waals surface area contributed by atoms with E-state index in [4.69, 9.17) is 10.9 Å². The molecule has 120 valence electrons. The minimum atomic E-state index is -0.0780. The largest absolute Gasteiger partial charge is 0.409 e. The lowest BCUT2D eigenvalue weighted by molar-refractivity contribution is -0.133. The van der Waals surface area contributed by atoms with Crippen LogP contribution in [0.5, 0.6) is 0 Å². The van der Waals surface area contributed by atoms with Gasteiger partial charge in [0.1, 0.15) is 0 Å². The molecule has 1 saturated carbocycles. The molecule has 1 aliphatic carbocycles. The van der Waals surface area contributed by atoms with Crippen molar-refractivity contribution in [3.05, 3.63) is 0 Å². The van der Waals surface area contributed by atoms with Gasteiger partial charge in [-0.3, -0.25) is 9.69 Å². The van der Waals surface area contributed by atoms with Gasteiger partial charge in [-0.2, -0.15) is 0 Å². The second-order valence-corrected chi connectivity index (χ2v) is 6.31. The maximum atomic E-state index is 12.2. The summed E-state index contributed by atoms with van der Waals surface area (Å²) < 4.78 is 0. The zero-order chi connectivity index (χ0) is 15.2. The molecule has 0 bridgehead atoms. The molecule has 0 aromatic heterocycles. The fourth-order valence-electron chi connectivity index (χ4n) is 3.41. The lowest BCUT2D eigenvalue weighted by atomic mass is 10.0. The molecular weight excluding hydrogens is 268 g/mol. The van der Waals surface area contributed by atoms with Crippen LogP contribution in [0.1, 0.15) is 45.4 Å². The first kappa shape index (κ1) is 16.1. The third kappa shape index (κ3) is 4.33. The smallest absolute Gasteiger partial charge is 0.222 e. The number of oxime groups is 1. The normalized spacial score (nSPS) is 23.5. The van der Waals surface area contributed by atoms with Crippen molar-refractivity contribution < 1.29 is 10.0 Å². The van der Waals surface area contributed by atoms with E-state index in [9.17, 15) is 4.79 Å². The highest BCUT2D eigenvalue weighted by Gasteiger charge is 2.26. The van der Waals surface area contributed by atoms with E-state index in [2.05, 4.69) is 10.1 Å². The van der Waals surface area contributed by atoms with Crippen molar-refractivity contribution in [2.75, 3.05) is 26.2 Å². The molecule has 1 saturated heterocycles. The average Bonchev–Trinajstić information content (AvgIpc) is 3.04. The van der Waals surface area contributed by atoms with E-state index < -0.39 is 0 Å². The van der Waals surface area contributed by atoms with E-state index in [-0.39, 0.29) is 17.8 Å². The highest BCUT2D eigenvalue weighted by Crippen LogP contribution is 2.28. The number of rotatable bonds is 5. The Labute approximate surface area is 127 Å². The van der Waals surface area contributed by atoms with Crippen LogP contribution >= 0.6 is 0 Å². The molecule has 0 aromatic carbocycles. The van der Waals surface area contributed by atoms with Gasteiger partial charge in [0, 0.05) is 32.6 Å². The Morgan fingerprint density at radius 1 is 1.29 bits per heavy atom. The van der Waals surface area contributed by atoms with Crippen molar-refractivity contribution in [1.29, 1.82) is 0 Å². The molecule has 21 heavy (non-hydrogen) atoms. The zero-order valence-electron chi connectivity index (χ0n) is 13.0. The predicted octanol–water partition coefficient (Wildman–Crippen LogP) is 1.24. The first-order valence-corrected chi connectivity index (χ1v) is 8.11. The number of piperazine rings is 1.